The number of morpholine rings is 1. The summed E-state index contributed by atoms with van der Waals surface area (Å²) < 4.78 is 11.9. The van der Waals surface area contributed by atoms with Gasteiger partial charge in [0.2, 0.25) is 5.91 Å². The van der Waals surface area contributed by atoms with E-state index in [0.29, 0.717) is 32.1 Å². The molecule has 4 aromatic rings. The molecule has 2 aliphatic rings. The molecule has 0 radical (unpaired) electrons. The van der Waals surface area contributed by atoms with E-state index < -0.39 is 11.7 Å². The Morgan fingerprint density at radius 2 is 1.88 bits per heavy atom. The Bertz CT molecular complexity index is 1580. The highest BCUT2D eigenvalue weighted by atomic mass is 32.1. The number of H-pyrrole nitrogens is 1. The highest BCUT2D eigenvalue weighted by Crippen LogP contribution is 2.36. The number of carbonyl (C=O) groups is 2. The minimum Gasteiger partial charge on any atom is -0.444 e. The lowest BCUT2D eigenvalue weighted by atomic mass is 10.1. The van der Waals surface area contributed by atoms with Gasteiger partial charge in [-0.1, -0.05) is 12.1 Å². The molecule has 2 amide bonds. The van der Waals surface area contributed by atoms with Gasteiger partial charge in [-0.05, 0) is 32.9 Å². The van der Waals surface area contributed by atoms with Crippen LogP contribution in [0.2, 0.25) is 0 Å². The van der Waals surface area contributed by atoms with Gasteiger partial charge in [0.1, 0.15) is 12.1 Å². The van der Waals surface area contributed by atoms with Gasteiger partial charge < -0.3 is 24.6 Å². The van der Waals surface area contributed by atoms with Gasteiger partial charge in [0, 0.05) is 61.6 Å². The zero-order valence-electron chi connectivity index (χ0n) is 24.2. The first kappa shape index (κ1) is 28.3. The summed E-state index contributed by atoms with van der Waals surface area (Å²) in [5, 5.41) is 10.8. The molecule has 0 bridgehead atoms. The minimum absolute atomic E-state index is 0.0664. The predicted molar refractivity (Wildman–Crippen MR) is 162 cm³/mol. The molecule has 5 heterocycles. The average Bonchev–Trinajstić information content (AvgIpc) is 3.62. The molecular weight excluding hydrogens is 556 g/mol. The number of hydrogen-bond acceptors (Lipinski definition) is 10. The lowest BCUT2D eigenvalue weighted by molar-refractivity contribution is -0.132. The molecule has 0 aliphatic carbocycles. The van der Waals surface area contributed by atoms with Crippen molar-refractivity contribution in [2.45, 2.75) is 32.9 Å². The van der Waals surface area contributed by atoms with Gasteiger partial charge in [-0.3, -0.25) is 14.8 Å². The van der Waals surface area contributed by atoms with E-state index in [1.807, 2.05) is 24.4 Å². The van der Waals surface area contributed by atoms with E-state index >= 15 is 0 Å². The minimum atomic E-state index is -0.602. The number of thiophene rings is 1. The number of hydrogen-bond donors (Lipinski definition) is 2. The van der Waals surface area contributed by atoms with E-state index in [2.05, 4.69) is 31.4 Å². The fourth-order valence-electron chi connectivity index (χ4n) is 5.26. The van der Waals surface area contributed by atoms with Gasteiger partial charge in [-0.25, -0.2) is 14.8 Å². The van der Waals surface area contributed by atoms with Crippen LogP contribution in [0.25, 0.3) is 32.5 Å². The van der Waals surface area contributed by atoms with E-state index in [9.17, 15) is 9.59 Å². The number of benzene rings is 1. The number of amides is 2. The average molecular weight is 593 g/mol. The molecular formula is C29H36N8O4S. The Morgan fingerprint density at radius 3 is 2.64 bits per heavy atom. The summed E-state index contributed by atoms with van der Waals surface area (Å²) in [4.78, 5) is 42.3. The van der Waals surface area contributed by atoms with E-state index in [-0.39, 0.29) is 12.5 Å². The van der Waals surface area contributed by atoms with Crippen molar-refractivity contribution in [2.24, 2.45) is 0 Å². The van der Waals surface area contributed by atoms with Gasteiger partial charge in [0.15, 0.2) is 11.6 Å². The third-order valence-electron chi connectivity index (χ3n) is 7.33. The fraction of sp³-hybridized carbons (Fsp3) is 0.483. The van der Waals surface area contributed by atoms with Crippen LogP contribution in [-0.4, -0.2) is 107 Å². The molecule has 1 aromatic carbocycles. The highest BCUT2D eigenvalue weighted by Gasteiger charge is 2.25. The van der Waals surface area contributed by atoms with E-state index in [4.69, 9.17) is 19.4 Å². The van der Waals surface area contributed by atoms with Gasteiger partial charge in [-0.15, -0.1) is 11.3 Å². The fourth-order valence-corrected chi connectivity index (χ4v) is 6.42. The number of aromatic amines is 1. The molecule has 2 aliphatic heterocycles. The summed E-state index contributed by atoms with van der Waals surface area (Å²) in [6.45, 7) is 11.7. The number of nitrogens with one attached hydrogen (secondary N) is 2. The van der Waals surface area contributed by atoms with Crippen molar-refractivity contribution in [2.75, 3.05) is 63.9 Å². The molecule has 0 unspecified atom stereocenters. The number of rotatable bonds is 6. The SMILES string of the molecule is CC(C)(C)OC(=O)NCC(=O)N1CCN(Cc2cc3nc(-c4cccc5[nH]ncc45)nc(N4CCOCC4)c3s2)CC1. The van der Waals surface area contributed by atoms with Gasteiger partial charge in [0.05, 0.1) is 35.1 Å². The first-order valence-electron chi connectivity index (χ1n) is 14.3. The van der Waals surface area contributed by atoms with Crippen LogP contribution in [0.15, 0.2) is 30.5 Å². The molecule has 2 fully saturated rings. The van der Waals surface area contributed by atoms with Crippen LogP contribution in [0.1, 0.15) is 25.6 Å². The highest BCUT2D eigenvalue weighted by molar-refractivity contribution is 7.19. The van der Waals surface area contributed by atoms with E-state index in [1.54, 1.807) is 37.0 Å². The molecule has 6 rings (SSSR count). The predicted octanol–water partition coefficient (Wildman–Crippen LogP) is 3.24. The number of ether oxygens (including phenoxy) is 2. The second-order valence-corrected chi connectivity index (χ2v) is 12.7. The topological polar surface area (TPSA) is 129 Å². The third-order valence-corrected chi connectivity index (χ3v) is 8.43. The Morgan fingerprint density at radius 1 is 1.10 bits per heavy atom. The van der Waals surface area contributed by atoms with Crippen LogP contribution in [0.5, 0.6) is 0 Å². The van der Waals surface area contributed by atoms with Crippen LogP contribution in [0, 0.1) is 0 Å². The normalized spacial score (nSPS) is 16.7. The second kappa shape index (κ2) is 11.8. The zero-order chi connectivity index (χ0) is 29.3. The first-order valence-corrected chi connectivity index (χ1v) is 15.1. The van der Waals surface area contributed by atoms with E-state index in [1.165, 1.54) is 4.88 Å². The molecule has 0 saturated carbocycles. The number of piperazine rings is 1. The molecule has 13 heteroatoms. The molecule has 42 heavy (non-hydrogen) atoms. The molecule has 0 atom stereocenters. The lowest BCUT2D eigenvalue weighted by Gasteiger charge is -2.34. The number of carbonyl (C=O) groups excluding carboxylic acids is 2. The molecule has 222 valence electrons. The van der Waals surface area contributed by atoms with Crippen LogP contribution < -0.4 is 10.2 Å². The van der Waals surface area contributed by atoms with Crippen molar-refractivity contribution in [3.63, 3.8) is 0 Å². The van der Waals surface area contributed by atoms with Gasteiger partial charge in [0.25, 0.3) is 0 Å². The molecule has 2 saturated heterocycles. The van der Waals surface area contributed by atoms with Crippen LogP contribution in [-0.2, 0) is 20.8 Å². The number of alkyl carbamates (subject to hydrolysis) is 1. The van der Waals surface area contributed by atoms with Gasteiger partial charge in [-0.2, -0.15) is 5.10 Å². The third kappa shape index (κ3) is 6.32. The molecule has 2 N–H and O–H groups in total. The summed E-state index contributed by atoms with van der Waals surface area (Å²) >= 11 is 1.73. The maximum atomic E-state index is 12.7. The largest absolute Gasteiger partial charge is 0.444 e. The van der Waals surface area contributed by atoms with Crippen molar-refractivity contribution in [1.82, 2.24) is 35.3 Å². The van der Waals surface area contributed by atoms with Crippen molar-refractivity contribution in [3.8, 4) is 11.4 Å². The standard InChI is InChI=1S/C29H36N8O4S/c1-29(2,3)41-28(39)30-17-24(38)36-9-7-35(8-10-36)18-19-15-23-25(42-19)27(37-11-13-40-14-12-37)33-26(32-23)20-5-4-6-22-21(20)16-31-34-22/h4-6,15-16H,7-14,17-18H2,1-3H3,(H,30,39)(H,31,34). The lowest BCUT2D eigenvalue weighted by Crippen LogP contribution is -2.51. The molecule has 12 nitrogen and oxygen atoms in total. The maximum Gasteiger partial charge on any atom is 0.408 e. The van der Waals surface area contributed by atoms with Crippen LogP contribution in [0.3, 0.4) is 0 Å². The summed E-state index contributed by atoms with van der Waals surface area (Å²) in [7, 11) is 0. The van der Waals surface area contributed by atoms with Crippen molar-refractivity contribution in [3.05, 3.63) is 35.3 Å². The Hall–Kier alpha value is -3.81. The smallest absolute Gasteiger partial charge is 0.408 e. The molecule has 3 aromatic heterocycles. The number of fused-ring (bicyclic) bond motifs is 2. The monoisotopic (exact) mass is 592 g/mol. The van der Waals surface area contributed by atoms with Gasteiger partial charge >= 0.3 is 6.09 Å². The molecule has 0 spiro atoms. The van der Waals surface area contributed by atoms with Crippen LogP contribution >= 0.6 is 11.3 Å². The number of aromatic nitrogens is 4. The summed E-state index contributed by atoms with van der Waals surface area (Å²) in [5.41, 5.74) is 2.24. The van der Waals surface area contributed by atoms with Crippen molar-refractivity contribution in [1.29, 1.82) is 0 Å². The van der Waals surface area contributed by atoms with E-state index in [0.717, 1.165) is 65.2 Å². The number of anilines is 1. The maximum absolute atomic E-state index is 12.7. The Labute approximate surface area is 248 Å². The summed E-state index contributed by atoms with van der Waals surface area (Å²) in [5.74, 6) is 1.53. The first-order chi connectivity index (χ1) is 20.2. The zero-order valence-corrected chi connectivity index (χ0v) is 25.0. The van der Waals surface area contributed by atoms with Crippen molar-refractivity contribution < 1.29 is 19.1 Å². The Kier molecular flexibility index (Phi) is 7.97. The summed E-state index contributed by atoms with van der Waals surface area (Å²) in [6, 6.07) is 8.21. The quantitative estimate of drug-likeness (QED) is 0.347. The second-order valence-electron chi connectivity index (χ2n) is 11.5. The Balaban J connectivity index is 1.16. The summed E-state index contributed by atoms with van der Waals surface area (Å²) in [6.07, 6.45) is 1.24. The number of nitrogens with zero attached hydrogens (tertiary/aromatic N) is 6. The van der Waals surface area contributed by atoms with Crippen molar-refractivity contribution >= 4 is 50.3 Å². The van der Waals surface area contributed by atoms with Crippen LogP contribution in [0.4, 0.5) is 10.6 Å².